The van der Waals surface area contributed by atoms with Crippen LogP contribution in [0.25, 0.3) is 0 Å². The third kappa shape index (κ3) is 2.63. The van der Waals surface area contributed by atoms with Crippen molar-refractivity contribution in [2.24, 2.45) is 0 Å². The number of hydrogen-bond donors (Lipinski definition) is 1. The fraction of sp³-hybridized carbons (Fsp3) is 0.571. The van der Waals surface area contributed by atoms with E-state index in [1.54, 1.807) is 12.1 Å². The summed E-state index contributed by atoms with van der Waals surface area (Å²) < 4.78 is 13.5. The van der Waals surface area contributed by atoms with E-state index in [0.717, 1.165) is 31.4 Å². The molecular formula is C14H19ClFN. The lowest BCUT2D eigenvalue weighted by atomic mass is 9.71. The minimum Gasteiger partial charge on any atom is -0.307 e. The molecule has 0 spiro atoms. The number of halogens is 2. The Morgan fingerprint density at radius 1 is 1.41 bits per heavy atom. The van der Waals surface area contributed by atoms with Crippen molar-refractivity contribution < 1.29 is 4.39 Å². The van der Waals surface area contributed by atoms with Gasteiger partial charge in [0.2, 0.25) is 0 Å². The summed E-state index contributed by atoms with van der Waals surface area (Å²) in [5.74, 6) is -0.312. The summed E-state index contributed by atoms with van der Waals surface area (Å²) >= 11 is 5.72. The fourth-order valence-corrected chi connectivity index (χ4v) is 2.51. The lowest BCUT2D eigenvalue weighted by molar-refractivity contribution is 0.185. The Hall–Kier alpha value is -0.600. The molecule has 0 bridgehead atoms. The second kappa shape index (κ2) is 5.36. The average Bonchev–Trinajstić information content (AvgIpc) is 2.26. The Morgan fingerprint density at radius 3 is 2.71 bits per heavy atom. The summed E-state index contributed by atoms with van der Waals surface area (Å²) in [7, 11) is 0. The Kier molecular flexibility index (Phi) is 4.05. The molecule has 1 N–H and O–H groups in total. The molecule has 94 valence electrons. The Labute approximate surface area is 107 Å². The van der Waals surface area contributed by atoms with Gasteiger partial charge < -0.3 is 5.32 Å². The van der Waals surface area contributed by atoms with E-state index in [0.29, 0.717) is 0 Å². The molecule has 17 heavy (non-hydrogen) atoms. The quantitative estimate of drug-likeness (QED) is 0.776. The first-order valence-electron chi connectivity index (χ1n) is 6.38. The third-order valence-corrected chi connectivity index (χ3v) is 3.98. The lowest BCUT2D eigenvalue weighted by Gasteiger charge is -2.43. The molecule has 1 fully saturated rings. The molecule has 0 atom stereocenters. The van der Waals surface area contributed by atoms with Crippen LogP contribution in [0.3, 0.4) is 0 Å². The highest BCUT2D eigenvalue weighted by Crippen LogP contribution is 2.41. The van der Waals surface area contributed by atoms with Crippen LogP contribution in [0.15, 0.2) is 18.2 Å². The summed E-state index contributed by atoms with van der Waals surface area (Å²) in [6.07, 6.45) is 5.74. The van der Waals surface area contributed by atoms with Crippen molar-refractivity contribution in [3.63, 3.8) is 0 Å². The second-order valence-corrected chi connectivity index (χ2v) is 5.25. The van der Waals surface area contributed by atoms with Crippen LogP contribution in [-0.2, 0) is 5.54 Å². The summed E-state index contributed by atoms with van der Waals surface area (Å²) in [6, 6.07) is 5.19. The zero-order valence-corrected chi connectivity index (χ0v) is 11.0. The highest BCUT2D eigenvalue weighted by Gasteiger charge is 2.38. The summed E-state index contributed by atoms with van der Waals surface area (Å²) in [5.41, 5.74) is 1.04. The van der Waals surface area contributed by atoms with Gasteiger partial charge in [0.05, 0.1) is 5.02 Å². The molecule has 0 radical (unpaired) electrons. The maximum atomic E-state index is 13.5. The van der Waals surface area contributed by atoms with Crippen molar-refractivity contribution in [1.29, 1.82) is 0 Å². The molecule has 1 nitrogen and oxygen atoms in total. The number of benzene rings is 1. The van der Waals surface area contributed by atoms with Gasteiger partial charge in [0.15, 0.2) is 0 Å². The monoisotopic (exact) mass is 255 g/mol. The molecule has 0 heterocycles. The first-order chi connectivity index (χ1) is 8.18. The smallest absolute Gasteiger partial charge is 0.142 e. The Bertz CT molecular complexity index is 388. The van der Waals surface area contributed by atoms with E-state index in [9.17, 15) is 4.39 Å². The van der Waals surface area contributed by atoms with Crippen molar-refractivity contribution in [2.75, 3.05) is 6.54 Å². The van der Waals surface area contributed by atoms with Gasteiger partial charge in [0.1, 0.15) is 5.82 Å². The van der Waals surface area contributed by atoms with E-state index in [-0.39, 0.29) is 16.4 Å². The highest BCUT2D eigenvalue weighted by molar-refractivity contribution is 6.30. The molecule has 1 aliphatic carbocycles. The maximum absolute atomic E-state index is 13.5. The highest BCUT2D eigenvalue weighted by atomic mass is 35.5. The van der Waals surface area contributed by atoms with E-state index < -0.39 is 0 Å². The summed E-state index contributed by atoms with van der Waals surface area (Å²) in [4.78, 5) is 0. The van der Waals surface area contributed by atoms with Crippen LogP contribution >= 0.6 is 11.6 Å². The van der Waals surface area contributed by atoms with Gasteiger partial charge in [0, 0.05) is 5.54 Å². The predicted octanol–water partition coefficient (Wildman–Crippen LogP) is 4.25. The maximum Gasteiger partial charge on any atom is 0.142 e. The minimum atomic E-state index is -0.312. The van der Waals surface area contributed by atoms with E-state index in [1.807, 2.05) is 6.07 Å². The first-order valence-corrected chi connectivity index (χ1v) is 6.76. The molecular weight excluding hydrogens is 237 g/mol. The van der Waals surface area contributed by atoms with Crippen molar-refractivity contribution >= 4 is 11.6 Å². The van der Waals surface area contributed by atoms with Crippen molar-refractivity contribution in [3.05, 3.63) is 34.6 Å². The molecule has 1 saturated carbocycles. The molecule has 0 aromatic heterocycles. The SMILES string of the molecule is CCCCNC1(c2ccc(Cl)c(F)c2)CCC1. The normalized spacial score (nSPS) is 17.8. The van der Waals surface area contributed by atoms with Crippen LogP contribution in [0, 0.1) is 5.82 Å². The van der Waals surface area contributed by atoms with E-state index in [2.05, 4.69) is 12.2 Å². The molecule has 0 saturated heterocycles. The van der Waals surface area contributed by atoms with E-state index in [4.69, 9.17) is 11.6 Å². The molecule has 1 aromatic carbocycles. The molecule has 3 heteroatoms. The van der Waals surface area contributed by atoms with Crippen molar-refractivity contribution in [1.82, 2.24) is 5.32 Å². The standard InChI is InChI=1S/C14H19ClFN/c1-2-3-9-17-14(7-4-8-14)11-5-6-12(15)13(16)10-11/h5-6,10,17H,2-4,7-9H2,1H3. The predicted molar refractivity (Wildman–Crippen MR) is 69.8 cm³/mol. The van der Waals surface area contributed by atoms with Gasteiger partial charge in [-0.2, -0.15) is 0 Å². The van der Waals surface area contributed by atoms with E-state index in [1.165, 1.54) is 12.8 Å². The largest absolute Gasteiger partial charge is 0.307 e. The van der Waals surface area contributed by atoms with Gasteiger partial charge in [0.25, 0.3) is 0 Å². The van der Waals surface area contributed by atoms with E-state index >= 15 is 0 Å². The van der Waals surface area contributed by atoms with Crippen molar-refractivity contribution in [3.8, 4) is 0 Å². The molecule has 0 amide bonds. The molecule has 0 aliphatic heterocycles. The number of unbranched alkanes of at least 4 members (excludes halogenated alkanes) is 1. The zero-order valence-electron chi connectivity index (χ0n) is 10.2. The topological polar surface area (TPSA) is 12.0 Å². The Balaban J connectivity index is 2.13. The van der Waals surface area contributed by atoms with Gasteiger partial charge in [-0.3, -0.25) is 0 Å². The van der Waals surface area contributed by atoms with Gasteiger partial charge in [-0.05, 0) is 49.9 Å². The van der Waals surface area contributed by atoms with Gasteiger partial charge in [-0.25, -0.2) is 4.39 Å². The van der Waals surface area contributed by atoms with Crippen LogP contribution in [-0.4, -0.2) is 6.54 Å². The summed E-state index contributed by atoms with van der Waals surface area (Å²) in [6.45, 7) is 3.18. The minimum absolute atomic E-state index is 0.000594. The van der Waals surface area contributed by atoms with Crippen LogP contribution in [0.5, 0.6) is 0 Å². The zero-order chi connectivity index (χ0) is 12.3. The molecule has 2 rings (SSSR count). The van der Waals surface area contributed by atoms with Crippen LogP contribution in [0.4, 0.5) is 4.39 Å². The third-order valence-electron chi connectivity index (χ3n) is 3.67. The number of hydrogen-bond acceptors (Lipinski definition) is 1. The van der Waals surface area contributed by atoms with Gasteiger partial charge in [-0.1, -0.05) is 31.0 Å². The van der Waals surface area contributed by atoms with Crippen LogP contribution in [0.1, 0.15) is 44.6 Å². The van der Waals surface area contributed by atoms with Crippen LogP contribution < -0.4 is 5.32 Å². The van der Waals surface area contributed by atoms with Crippen LogP contribution in [0.2, 0.25) is 5.02 Å². The van der Waals surface area contributed by atoms with Gasteiger partial charge >= 0.3 is 0 Å². The fourth-order valence-electron chi connectivity index (χ4n) is 2.40. The first kappa shape index (κ1) is 12.8. The summed E-state index contributed by atoms with van der Waals surface area (Å²) in [5, 5.41) is 3.79. The van der Waals surface area contributed by atoms with Gasteiger partial charge in [-0.15, -0.1) is 0 Å². The second-order valence-electron chi connectivity index (χ2n) is 4.84. The number of rotatable bonds is 5. The Morgan fingerprint density at radius 2 is 2.18 bits per heavy atom. The average molecular weight is 256 g/mol. The van der Waals surface area contributed by atoms with Crippen molar-refractivity contribution in [2.45, 2.75) is 44.6 Å². The molecule has 1 aromatic rings. The molecule has 0 unspecified atom stereocenters. The number of nitrogens with one attached hydrogen (secondary N) is 1. The molecule has 1 aliphatic rings. The lowest BCUT2D eigenvalue weighted by Crippen LogP contribution is -2.48.